The minimum Gasteiger partial charge on any atom is -0.478 e. The highest BCUT2D eigenvalue weighted by Crippen LogP contribution is 2.42. The molecular formula is C12H21O4P. The number of carboxylic acids is 1. The van der Waals surface area contributed by atoms with Gasteiger partial charge in [-0.25, -0.2) is 4.79 Å². The first-order valence-corrected chi connectivity index (χ1v) is 8.22. The lowest BCUT2D eigenvalue weighted by atomic mass is 9.88. The molecule has 0 radical (unpaired) electrons. The fourth-order valence-electron chi connectivity index (χ4n) is 2.15. The van der Waals surface area contributed by atoms with Crippen molar-refractivity contribution < 1.29 is 19.4 Å². The minimum atomic E-state index is -3.30. The van der Waals surface area contributed by atoms with E-state index in [1.54, 1.807) is 13.0 Å². The van der Waals surface area contributed by atoms with E-state index < -0.39 is 13.3 Å². The second-order valence-corrected chi connectivity index (χ2v) is 7.36. The Labute approximate surface area is 102 Å². The number of hydrogen-bond acceptors (Lipinski definition) is 2. The van der Waals surface area contributed by atoms with Crippen molar-refractivity contribution >= 4 is 13.3 Å². The van der Waals surface area contributed by atoms with E-state index in [4.69, 9.17) is 5.11 Å². The Morgan fingerprint density at radius 2 is 1.94 bits per heavy atom. The summed E-state index contributed by atoms with van der Waals surface area (Å²) in [5.74, 6) is -0.787. The predicted molar refractivity (Wildman–Crippen MR) is 67.5 cm³/mol. The maximum atomic E-state index is 11.6. The van der Waals surface area contributed by atoms with Crippen molar-refractivity contribution in [3.8, 4) is 0 Å². The SMILES string of the molecule is CCP(=O)(O)C/C(=C/C1CCCCC1)C(=O)O. The number of aliphatic carboxylic acids is 1. The first kappa shape index (κ1) is 14.5. The van der Waals surface area contributed by atoms with Crippen LogP contribution in [-0.4, -0.2) is 28.3 Å². The third kappa shape index (κ3) is 5.05. The third-order valence-corrected chi connectivity index (χ3v) is 5.10. The molecule has 0 spiro atoms. The maximum absolute atomic E-state index is 11.6. The lowest BCUT2D eigenvalue weighted by Gasteiger charge is -2.19. The van der Waals surface area contributed by atoms with Gasteiger partial charge in [-0.2, -0.15) is 0 Å². The van der Waals surface area contributed by atoms with E-state index in [9.17, 15) is 14.3 Å². The Morgan fingerprint density at radius 3 is 2.41 bits per heavy atom. The van der Waals surface area contributed by atoms with Gasteiger partial charge in [-0.3, -0.25) is 4.57 Å². The van der Waals surface area contributed by atoms with Gasteiger partial charge in [0.1, 0.15) is 0 Å². The quantitative estimate of drug-likeness (QED) is 0.588. The molecular weight excluding hydrogens is 239 g/mol. The van der Waals surface area contributed by atoms with E-state index in [0.29, 0.717) is 0 Å². The number of hydrogen-bond donors (Lipinski definition) is 2. The monoisotopic (exact) mass is 260 g/mol. The fraction of sp³-hybridized carbons (Fsp3) is 0.750. The highest BCUT2D eigenvalue weighted by Gasteiger charge is 2.23. The molecule has 1 fully saturated rings. The van der Waals surface area contributed by atoms with Gasteiger partial charge in [0, 0.05) is 11.7 Å². The Bertz CT molecular complexity index is 342. The molecule has 1 unspecified atom stereocenters. The van der Waals surface area contributed by atoms with Crippen LogP contribution in [0.15, 0.2) is 11.6 Å². The molecule has 0 aliphatic heterocycles. The van der Waals surface area contributed by atoms with Gasteiger partial charge in [-0.1, -0.05) is 32.3 Å². The molecule has 98 valence electrons. The van der Waals surface area contributed by atoms with E-state index in [0.717, 1.165) is 25.7 Å². The summed E-state index contributed by atoms with van der Waals surface area (Å²) in [7, 11) is -3.30. The number of allylic oxidation sites excluding steroid dienone is 1. The molecule has 0 amide bonds. The molecule has 0 bridgehead atoms. The molecule has 2 N–H and O–H groups in total. The lowest BCUT2D eigenvalue weighted by Crippen LogP contribution is -2.11. The van der Waals surface area contributed by atoms with Crippen molar-refractivity contribution in [3.63, 3.8) is 0 Å². The van der Waals surface area contributed by atoms with Gasteiger partial charge < -0.3 is 10.00 Å². The van der Waals surface area contributed by atoms with Gasteiger partial charge >= 0.3 is 5.97 Å². The van der Waals surface area contributed by atoms with E-state index >= 15 is 0 Å². The molecule has 17 heavy (non-hydrogen) atoms. The van der Waals surface area contributed by atoms with Crippen LogP contribution in [0.2, 0.25) is 0 Å². The molecule has 1 saturated carbocycles. The van der Waals surface area contributed by atoms with Crippen molar-refractivity contribution in [3.05, 3.63) is 11.6 Å². The molecule has 5 heteroatoms. The number of carboxylic acid groups (broad SMARTS) is 1. The van der Waals surface area contributed by atoms with Crippen LogP contribution >= 0.6 is 7.37 Å². The van der Waals surface area contributed by atoms with Crippen molar-refractivity contribution in [1.82, 2.24) is 0 Å². The molecule has 1 atom stereocenters. The summed E-state index contributed by atoms with van der Waals surface area (Å²) in [6.45, 7) is 1.61. The number of carbonyl (C=O) groups is 1. The van der Waals surface area contributed by atoms with Crippen LogP contribution in [-0.2, 0) is 9.36 Å². The second-order valence-electron chi connectivity index (χ2n) is 4.72. The summed E-state index contributed by atoms with van der Waals surface area (Å²) in [6, 6.07) is 0. The van der Waals surface area contributed by atoms with Crippen molar-refractivity contribution in [1.29, 1.82) is 0 Å². The van der Waals surface area contributed by atoms with E-state index in [-0.39, 0.29) is 23.8 Å². The maximum Gasteiger partial charge on any atom is 0.331 e. The Kier molecular flexibility index (Phi) is 5.41. The van der Waals surface area contributed by atoms with Crippen molar-refractivity contribution in [2.24, 2.45) is 5.92 Å². The van der Waals surface area contributed by atoms with Crippen LogP contribution in [0.1, 0.15) is 39.0 Å². The Morgan fingerprint density at radius 1 is 1.35 bits per heavy atom. The number of rotatable bonds is 5. The normalized spacial score (nSPS) is 22.1. The lowest BCUT2D eigenvalue weighted by molar-refractivity contribution is -0.132. The Balaban J connectivity index is 2.74. The van der Waals surface area contributed by atoms with E-state index in [2.05, 4.69) is 0 Å². The average Bonchev–Trinajstić information content (AvgIpc) is 2.29. The highest BCUT2D eigenvalue weighted by atomic mass is 31.2. The van der Waals surface area contributed by atoms with Gasteiger partial charge in [-0.15, -0.1) is 0 Å². The topological polar surface area (TPSA) is 74.6 Å². The molecule has 0 aromatic heterocycles. The molecule has 4 nitrogen and oxygen atoms in total. The summed E-state index contributed by atoms with van der Waals surface area (Å²) in [5, 5.41) is 9.06. The zero-order valence-corrected chi connectivity index (χ0v) is 11.2. The molecule has 0 saturated heterocycles. The standard InChI is InChI=1S/C12H21O4P/c1-2-17(15,16)9-11(12(13)14)8-10-6-4-3-5-7-10/h8,10H,2-7,9H2,1H3,(H,13,14)(H,15,16)/b11-8-. The molecule has 1 rings (SSSR count). The molecule has 0 aromatic carbocycles. The van der Waals surface area contributed by atoms with Crippen LogP contribution < -0.4 is 0 Å². The third-order valence-electron chi connectivity index (χ3n) is 3.27. The summed E-state index contributed by atoms with van der Waals surface area (Å²) in [4.78, 5) is 20.6. The summed E-state index contributed by atoms with van der Waals surface area (Å²) >= 11 is 0. The summed E-state index contributed by atoms with van der Waals surface area (Å²) in [6.07, 6.45) is 7.09. The molecule has 1 aliphatic rings. The van der Waals surface area contributed by atoms with Gasteiger partial charge in [-0.05, 0) is 18.8 Å². The van der Waals surface area contributed by atoms with E-state index in [1.807, 2.05) is 0 Å². The summed E-state index contributed by atoms with van der Waals surface area (Å²) < 4.78 is 11.6. The van der Waals surface area contributed by atoms with Gasteiger partial charge in [0.25, 0.3) is 0 Å². The van der Waals surface area contributed by atoms with Crippen molar-refractivity contribution in [2.45, 2.75) is 39.0 Å². The second kappa shape index (κ2) is 6.36. The molecule has 0 aromatic rings. The van der Waals surface area contributed by atoms with Crippen LogP contribution in [0.25, 0.3) is 0 Å². The fourth-order valence-corrected chi connectivity index (χ4v) is 3.15. The van der Waals surface area contributed by atoms with Crippen LogP contribution in [0, 0.1) is 5.92 Å². The first-order valence-electron chi connectivity index (χ1n) is 6.19. The van der Waals surface area contributed by atoms with Crippen LogP contribution in [0.4, 0.5) is 0 Å². The minimum absolute atomic E-state index is 0.115. The van der Waals surface area contributed by atoms with Gasteiger partial charge in [0.2, 0.25) is 7.37 Å². The van der Waals surface area contributed by atoms with Crippen LogP contribution in [0.5, 0.6) is 0 Å². The largest absolute Gasteiger partial charge is 0.478 e. The summed E-state index contributed by atoms with van der Waals surface area (Å²) in [5.41, 5.74) is 0.115. The zero-order valence-electron chi connectivity index (χ0n) is 10.3. The predicted octanol–water partition coefficient (Wildman–Crippen LogP) is 2.87. The molecule has 1 aliphatic carbocycles. The van der Waals surface area contributed by atoms with Gasteiger partial charge in [0.05, 0.1) is 6.16 Å². The molecule has 0 heterocycles. The smallest absolute Gasteiger partial charge is 0.331 e. The zero-order chi connectivity index (χ0) is 12.9. The first-order chi connectivity index (χ1) is 7.94. The highest BCUT2D eigenvalue weighted by molar-refractivity contribution is 7.58. The van der Waals surface area contributed by atoms with E-state index in [1.165, 1.54) is 6.42 Å². The van der Waals surface area contributed by atoms with Crippen molar-refractivity contribution in [2.75, 3.05) is 12.3 Å². The van der Waals surface area contributed by atoms with Gasteiger partial charge in [0.15, 0.2) is 0 Å². The Hall–Kier alpha value is -0.600. The van der Waals surface area contributed by atoms with Crippen LogP contribution in [0.3, 0.4) is 0 Å². The average molecular weight is 260 g/mol.